The smallest absolute Gasteiger partial charge is 0.161 e. The minimum Gasteiger partial charge on any atom is -0.243 e. The quantitative estimate of drug-likeness (QED) is 0.152. The van der Waals surface area contributed by atoms with Gasteiger partial charge >= 0.3 is 0 Å². The maximum atomic E-state index is 5.68. The van der Waals surface area contributed by atoms with Gasteiger partial charge in [0.15, 0.2) is 5.82 Å². The van der Waals surface area contributed by atoms with Crippen molar-refractivity contribution in [1.29, 1.82) is 0 Å². The van der Waals surface area contributed by atoms with Gasteiger partial charge < -0.3 is 0 Å². The number of hydrogen-bond acceptors (Lipinski definition) is 4. The molecule has 0 aliphatic carbocycles. The van der Waals surface area contributed by atoms with Gasteiger partial charge in [-0.2, -0.15) is 0 Å². The molecule has 10 rings (SSSR count). The van der Waals surface area contributed by atoms with E-state index in [1.165, 1.54) is 21.5 Å². The summed E-state index contributed by atoms with van der Waals surface area (Å²) in [5.74, 6) is 0.627. The van der Waals surface area contributed by atoms with E-state index in [0.717, 1.165) is 73.1 Å². The zero-order valence-corrected chi connectivity index (χ0v) is 32.8. The molecule has 0 unspecified atom stereocenters. The highest BCUT2D eigenvalue weighted by Crippen LogP contribution is 2.41. The van der Waals surface area contributed by atoms with Gasteiger partial charge in [-0.25, -0.2) is 19.9 Å². The Hall–Kier alpha value is -7.08. The van der Waals surface area contributed by atoms with Gasteiger partial charge in [0.2, 0.25) is 0 Å². The topological polar surface area (TPSA) is 51.6 Å². The lowest BCUT2D eigenvalue weighted by Gasteiger charge is -2.21. The highest BCUT2D eigenvalue weighted by molar-refractivity contribution is 7.03. The summed E-state index contributed by atoms with van der Waals surface area (Å²) < 4.78 is 0. The molecule has 1 aliphatic heterocycles. The second-order valence-electron chi connectivity index (χ2n) is 15.0. The molecule has 1 aliphatic rings. The van der Waals surface area contributed by atoms with Crippen molar-refractivity contribution < 1.29 is 0 Å². The molecule has 0 fully saturated rings. The fourth-order valence-electron chi connectivity index (χ4n) is 8.24. The zero-order valence-electron chi connectivity index (χ0n) is 31.8. The van der Waals surface area contributed by atoms with Gasteiger partial charge in [0.25, 0.3) is 0 Å². The largest absolute Gasteiger partial charge is 0.243 e. The van der Waals surface area contributed by atoms with Crippen LogP contribution < -0.4 is 10.4 Å². The fraction of sp³-hybridized carbons (Fsp3) is 0.0385. The normalized spacial score (nSPS) is 12.5. The Bertz CT molecular complexity index is 2850. The zero-order chi connectivity index (χ0) is 38.3. The highest BCUT2D eigenvalue weighted by Gasteiger charge is 2.37. The van der Waals surface area contributed by atoms with Crippen molar-refractivity contribution in [3.05, 3.63) is 194 Å². The first-order chi connectivity index (χ1) is 28.0. The highest BCUT2D eigenvalue weighted by atomic mass is 28.3. The van der Waals surface area contributed by atoms with Gasteiger partial charge in [-0.15, -0.1) is 0 Å². The fourth-order valence-corrected chi connectivity index (χ4v) is 11.3. The summed E-state index contributed by atoms with van der Waals surface area (Å²) in [7, 11) is -1.95. The average molecular weight is 747 g/mol. The van der Waals surface area contributed by atoms with E-state index < -0.39 is 8.07 Å². The minimum absolute atomic E-state index is 0.627. The summed E-state index contributed by atoms with van der Waals surface area (Å²) in [4.78, 5) is 21.8. The first-order valence-corrected chi connectivity index (χ1v) is 22.4. The van der Waals surface area contributed by atoms with Crippen molar-refractivity contribution in [2.24, 2.45) is 0 Å². The lowest BCUT2D eigenvalue weighted by atomic mass is 9.95. The van der Waals surface area contributed by atoms with E-state index in [1.54, 1.807) is 0 Å². The Labute approximate surface area is 334 Å². The molecule has 0 atom stereocenters. The molecule has 0 saturated heterocycles. The van der Waals surface area contributed by atoms with E-state index in [1.807, 2.05) is 48.5 Å². The predicted octanol–water partition coefficient (Wildman–Crippen LogP) is 11.7. The molecule has 9 aromatic rings. The van der Waals surface area contributed by atoms with E-state index in [0.29, 0.717) is 5.82 Å². The summed E-state index contributed by atoms with van der Waals surface area (Å²) in [6.45, 7) is 4.91. The van der Waals surface area contributed by atoms with Gasteiger partial charge in [-0.3, -0.25) is 0 Å². The molecule has 270 valence electrons. The minimum atomic E-state index is -1.95. The predicted molar refractivity (Wildman–Crippen MR) is 238 cm³/mol. The summed E-state index contributed by atoms with van der Waals surface area (Å²) in [5.41, 5.74) is 14.6. The van der Waals surface area contributed by atoms with Crippen LogP contribution in [0.5, 0.6) is 0 Å². The molecular formula is C52H38N4Si. The van der Waals surface area contributed by atoms with Crippen LogP contribution in [0.15, 0.2) is 194 Å². The number of aromatic nitrogens is 4. The second kappa shape index (κ2) is 14.2. The molecule has 0 amide bonds. The van der Waals surface area contributed by atoms with Gasteiger partial charge in [0, 0.05) is 38.9 Å². The lowest BCUT2D eigenvalue weighted by Crippen LogP contribution is -2.49. The van der Waals surface area contributed by atoms with Crippen LogP contribution >= 0.6 is 0 Å². The SMILES string of the molecule is C[Si]1(C)c2ccccc2-c2ccc(-c3nc(-c4ccccc4)c(-c4ccccc4-c4nc(-c5ccccc5)cc(-c5ccccc5)n4)nc3-c3ccccc3)cc21. The van der Waals surface area contributed by atoms with Crippen molar-refractivity contribution in [2.45, 2.75) is 13.1 Å². The van der Waals surface area contributed by atoms with E-state index in [2.05, 4.69) is 159 Å². The number of benzene rings is 7. The van der Waals surface area contributed by atoms with Gasteiger partial charge in [-0.05, 0) is 27.6 Å². The van der Waals surface area contributed by atoms with Crippen LogP contribution in [0.3, 0.4) is 0 Å². The van der Waals surface area contributed by atoms with Crippen molar-refractivity contribution in [2.75, 3.05) is 0 Å². The van der Waals surface area contributed by atoms with Gasteiger partial charge in [0.1, 0.15) is 8.07 Å². The summed E-state index contributed by atoms with van der Waals surface area (Å²) in [5, 5.41) is 2.92. The van der Waals surface area contributed by atoms with Crippen LogP contribution in [0.25, 0.3) is 90.1 Å². The maximum absolute atomic E-state index is 5.68. The molecule has 3 heterocycles. The van der Waals surface area contributed by atoms with Crippen LogP contribution in [0.2, 0.25) is 13.1 Å². The molecule has 0 saturated carbocycles. The number of nitrogens with zero attached hydrogens (tertiary/aromatic N) is 4. The van der Waals surface area contributed by atoms with Crippen molar-refractivity contribution >= 4 is 18.4 Å². The Morgan fingerprint density at radius 3 is 1.30 bits per heavy atom. The first kappa shape index (κ1) is 34.4. The van der Waals surface area contributed by atoms with Crippen LogP contribution in [-0.2, 0) is 0 Å². The van der Waals surface area contributed by atoms with E-state index in [4.69, 9.17) is 19.9 Å². The third kappa shape index (κ3) is 6.19. The molecule has 5 heteroatoms. The standard InChI is InChI=1S/C52H38N4Si/c1-57(2)46-30-18-17-27-40(46)41-32-31-39(33-47(41)57)50-48(37-23-11-5-12-24-37)56-51(49(55-50)38-25-13-6-14-26-38)42-28-15-16-29-43(42)52-53-44(35-19-7-3-8-20-35)34-45(54-52)36-21-9-4-10-22-36/h3-34H,1-2H3. The van der Waals surface area contributed by atoms with Crippen LogP contribution in [0.4, 0.5) is 0 Å². The average Bonchev–Trinajstić information content (AvgIpc) is 3.52. The maximum Gasteiger partial charge on any atom is 0.161 e. The molecule has 0 radical (unpaired) electrons. The molecule has 2 aromatic heterocycles. The van der Waals surface area contributed by atoms with E-state index >= 15 is 0 Å². The van der Waals surface area contributed by atoms with Gasteiger partial charge in [0.05, 0.1) is 34.2 Å². The molecule has 4 nitrogen and oxygen atoms in total. The lowest BCUT2D eigenvalue weighted by molar-refractivity contribution is 1.17. The molecule has 0 N–H and O–H groups in total. The molecule has 57 heavy (non-hydrogen) atoms. The summed E-state index contributed by atoms with van der Waals surface area (Å²) in [6, 6.07) is 67.8. The second-order valence-corrected chi connectivity index (χ2v) is 19.3. The van der Waals surface area contributed by atoms with Crippen LogP contribution in [0.1, 0.15) is 0 Å². The molecular weight excluding hydrogens is 709 g/mol. The molecule has 7 aromatic carbocycles. The summed E-state index contributed by atoms with van der Waals surface area (Å²) in [6.07, 6.45) is 0. The number of rotatable bonds is 7. The van der Waals surface area contributed by atoms with Crippen molar-refractivity contribution in [3.8, 4) is 90.1 Å². The Morgan fingerprint density at radius 2 is 0.719 bits per heavy atom. The Morgan fingerprint density at radius 1 is 0.298 bits per heavy atom. The third-order valence-corrected chi connectivity index (χ3v) is 14.7. The van der Waals surface area contributed by atoms with Crippen LogP contribution in [-0.4, -0.2) is 28.0 Å². The first-order valence-electron chi connectivity index (χ1n) is 19.4. The van der Waals surface area contributed by atoms with Crippen molar-refractivity contribution in [3.63, 3.8) is 0 Å². The molecule has 0 spiro atoms. The number of hydrogen-bond donors (Lipinski definition) is 0. The van der Waals surface area contributed by atoms with Gasteiger partial charge in [-0.1, -0.05) is 201 Å². The van der Waals surface area contributed by atoms with Crippen molar-refractivity contribution in [1.82, 2.24) is 19.9 Å². The van der Waals surface area contributed by atoms with E-state index in [9.17, 15) is 0 Å². The number of fused-ring (bicyclic) bond motifs is 3. The summed E-state index contributed by atoms with van der Waals surface area (Å²) >= 11 is 0. The third-order valence-electron chi connectivity index (χ3n) is 11.1. The van der Waals surface area contributed by atoms with E-state index in [-0.39, 0.29) is 0 Å². The Balaban J connectivity index is 1.22. The monoisotopic (exact) mass is 746 g/mol. The van der Waals surface area contributed by atoms with Crippen LogP contribution in [0, 0.1) is 0 Å². The molecule has 0 bridgehead atoms. The Kier molecular flexibility index (Phi) is 8.58.